The molecule has 0 unspecified atom stereocenters. The van der Waals surface area contributed by atoms with Gasteiger partial charge in [-0.2, -0.15) is 0 Å². The molecule has 0 heterocycles. The zero-order valence-corrected chi connectivity index (χ0v) is 6.23. The monoisotopic (exact) mass is 130 g/mol. The van der Waals surface area contributed by atoms with Crippen molar-refractivity contribution in [2.45, 2.75) is 39.3 Å². The Kier molecular flexibility index (Phi) is 2.09. The Labute approximate surface area is 56.5 Å². The molecule has 0 nitrogen and oxygen atoms in total. The first kappa shape index (κ1) is 7.04. The summed E-state index contributed by atoms with van der Waals surface area (Å²) in [6.07, 6.45) is 2.58. The highest BCUT2D eigenvalue weighted by atomic mass is 19.1. The van der Waals surface area contributed by atoms with Crippen molar-refractivity contribution in [1.82, 2.24) is 0 Å². The summed E-state index contributed by atoms with van der Waals surface area (Å²) in [6, 6.07) is 0. The summed E-state index contributed by atoms with van der Waals surface area (Å²) in [5, 5.41) is 0. The molecular weight excluding hydrogens is 115 g/mol. The predicted octanol–water partition coefficient (Wildman–Crippen LogP) is 2.78. The summed E-state index contributed by atoms with van der Waals surface area (Å²) < 4.78 is 12.8. The van der Waals surface area contributed by atoms with Crippen molar-refractivity contribution < 1.29 is 4.39 Å². The largest absolute Gasteiger partial charge is 0.247 e. The standard InChI is InChI=1S/C8H15F/c1-3-7-4-6(2)8(9)5-7/h6-8H,3-5H2,1-2H3/t6-,7+,8+/m1/s1. The van der Waals surface area contributed by atoms with Crippen LogP contribution in [-0.4, -0.2) is 6.17 Å². The molecule has 0 amide bonds. The Hall–Kier alpha value is -0.0700. The highest BCUT2D eigenvalue weighted by Gasteiger charge is 2.29. The molecule has 9 heavy (non-hydrogen) atoms. The fraction of sp³-hybridized carbons (Fsp3) is 1.00. The van der Waals surface area contributed by atoms with Gasteiger partial charge in [0.25, 0.3) is 0 Å². The Morgan fingerprint density at radius 1 is 1.44 bits per heavy atom. The minimum absolute atomic E-state index is 0.329. The van der Waals surface area contributed by atoms with Crippen LogP contribution in [-0.2, 0) is 0 Å². The molecular formula is C8H15F. The van der Waals surface area contributed by atoms with Gasteiger partial charge in [-0.1, -0.05) is 20.3 Å². The molecule has 1 saturated carbocycles. The van der Waals surface area contributed by atoms with E-state index in [2.05, 4.69) is 6.92 Å². The van der Waals surface area contributed by atoms with E-state index in [9.17, 15) is 4.39 Å². The van der Waals surface area contributed by atoms with Crippen molar-refractivity contribution in [3.63, 3.8) is 0 Å². The maximum absolute atomic E-state index is 12.8. The summed E-state index contributed by atoms with van der Waals surface area (Å²) in [5.74, 6) is 1.00. The van der Waals surface area contributed by atoms with Crippen molar-refractivity contribution in [2.75, 3.05) is 0 Å². The normalized spacial score (nSPS) is 43.7. The van der Waals surface area contributed by atoms with Crippen LogP contribution in [0.25, 0.3) is 0 Å². The molecule has 1 aliphatic rings. The van der Waals surface area contributed by atoms with E-state index in [1.807, 2.05) is 6.92 Å². The first-order valence-electron chi connectivity index (χ1n) is 3.88. The lowest BCUT2D eigenvalue weighted by Gasteiger charge is -2.01. The zero-order valence-electron chi connectivity index (χ0n) is 6.23. The Morgan fingerprint density at radius 3 is 2.33 bits per heavy atom. The van der Waals surface area contributed by atoms with Crippen LogP contribution in [0.3, 0.4) is 0 Å². The summed E-state index contributed by atoms with van der Waals surface area (Å²) in [6.45, 7) is 4.16. The molecule has 1 heteroatoms. The smallest absolute Gasteiger partial charge is 0.103 e. The van der Waals surface area contributed by atoms with E-state index in [1.54, 1.807) is 0 Å². The molecule has 1 aliphatic carbocycles. The van der Waals surface area contributed by atoms with Crippen molar-refractivity contribution in [1.29, 1.82) is 0 Å². The van der Waals surface area contributed by atoms with Crippen LogP contribution in [0.4, 0.5) is 4.39 Å². The zero-order chi connectivity index (χ0) is 6.85. The van der Waals surface area contributed by atoms with E-state index < -0.39 is 6.17 Å². The number of hydrogen-bond donors (Lipinski definition) is 0. The molecule has 0 saturated heterocycles. The average Bonchev–Trinajstić information content (AvgIpc) is 2.13. The molecule has 0 aliphatic heterocycles. The lowest BCUT2D eigenvalue weighted by atomic mass is 10.0. The Bertz CT molecular complexity index is 80.6. The van der Waals surface area contributed by atoms with Crippen LogP contribution in [0.5, 0.6) is 0 Å². The van der Waals surface area contributed by atoms with Crippen LogP contribution in [0.2, 0.25) is 0 Å². The van der Waals surface area contributed by atoms with Gasteiger partial charge >= 0.3 is 0 Å². The topological polar surface area (TPSA) is 0 Å². The number of hydrogen-bond acceptors (Lipinski definition) is 0. The number of alkyl halides is 1. The Balaban J connectivity index is 2.35. The van der Waals surface area contributed by atoms with Gasteiger partial charge in [0.1, 0.15) is 6.17 Å². The summed E-state index contributed by atoms with van der Waals surface area (Å²) in [5.41, 5.74) is 0. The molecule has 0 aromatic rings. The van der Waals surface area contributed by atoms with Gasteiger partial charge < -0.3 is 0 Å². The average molecular weight is 130 g/mol. The van der Waals surface area contributed by atoms with Crippen molar-refractivity contribution in [3.05, 3.63) is 0 Å². The maximum Gasteiger partial charge on any atom is 0.103 e. The van der Waals surface area contributed by atoms with Gasteiger partial charge in [0, 0.05) is 0 Å². The molecule has 0 aromatic carbocycles. The minimum atomic E-state index is -0.505. The lowest BCUT2D eigenvalue weighted by Crippen LogP contribution is -2.01. The molecule has 0 bridgehead atoms. The highest BCUT2D eigenvalue weighted by molar-refractivity contribution is 4.79. The Morgan fingerprint density at radius 2 is 2.11 bits per heavy atom. The third-order valence-electron chi connectivity index (χ3n) is 2.46. The minimum Gasteiger partial charge on any atom is -0.247 e. The van der Waals surface area contributed by atoms with E-state index >= 15 is 0 Å². The van der Waals surface area contributed by atoms with E-state index in [0.29, 0.717) is 11.8 Å². The molecule has 1 rings (SSSR count). The van der Waals surface area contributed by atoms with Gasteiger partial charge in [-0.3, -0.25) is 0 Å². The van der Waals surface area contributed by atoms with Gasteiger partial charge in [0.2, 0.25) is 0 Å². The van der Waals surface area contributed by atoms with Crippen LogP contribution < -0.4 is 0 Å². The van der Waals surface area contributed by atoms with Crippen LogP contribution in [0, 0.1) is 11.8 Å². The van der Waals surface area contributed by atoms with Gasteiger partial charge in [0.05, 0.1) is 0 Å². The second-order valence-electron chi connectivity index (χ2n) is 3.24. The van der Waals surface area contributed by atoms with Gasteiger partial charge in [0.15, 0.2) is 0 Å². The van der Waals surface area contributed by atoms with E-state index in [4.69, 9.17) is 0 Å². The first-order valence-corrected chi connectivity index (χ1v) is 3.88. The third kappa shape index (κ3) is 1.44. The van der Waals surface area contributed by atoms with Gasteiger partial charge in [-0.15, -0.1) is 0 Å². The van der Waals surface area contributed by atoms with Crippen molar-refractivity contribution >= 4 is 0 Å². The van der Waals surface area contributed by atoms with E-state index in [1.165, 1.54) is 0 Å². The fourth-order valence-corrected chi connectivity index (χ4v) is 1.65. The van der Waals surface area contributed by atoms with E-state index in [-0.39, 0.29) is 0 Å². The second kappa shape index (κ2) is 2.68. The van der Waals surface area contributed by atoms with Crippen LogP contribution >= 0.6 is 0 Å². The van der Waals surface area contributed by atoms with Gasteiger partial charge in [-0.05, 0) is 24.7 Å². The SMILES string of the molecule is CC[C@H]1C[C@@H](C)[C@@H](F)C1. The number of halogens is 1. The fourth-order valence-electron chi connectivity index (χ4n) is 1.65. The van der Waals surface area contributed by atoms with Crippen LogP contribution in [0.1, 0.15) is 33.1 Å². The molecule has 0 aromatic heterocycles. The summed E-state index contributed by atoms with van der Waals surface area (Å²) in [4.78, 5) is 0. The van der Waals surface area contributed by atoms with Crippen molar-refractivity contribution in [3.8, 4) is 0 Å². The van der Waals surface area contributed by atoms with Crippen molar-refractivity contribution in [2.24, 2.45) is 11.8 Å². The molecule has 54 valence electrons. The predicted molar refractivity (Wildman–Crippen MR) is 37.1 cm³/mol. The van der Waals surface area contributed by atoms with E-state index in [0.717, 1.165) is 19.3 Å². The highest BCUT2D eigenvalue weighted by Crippen LogP contribution is 2.34. The number of rotatable bonds is 1. The first-order chi connectivity index (χ1) is 4.24. The third-order valence-corrected chi connectivity index (χ3v) is 2.46. The second-order valence-corrected chi connectivity index (χ2v) is 3.24. The lowest BCUT2D eigenvalue weighted by molar-refractivity contribution is 0.275. The van der Waals surface area contributed by atoms with Gasteiger partial charge in [-0.25, -0.2) is 4.39 Å². The quantitative estimate of drug-likeness (QED) is 0.512. The summed E-state index contributed by atoms with van der Waals surface area (Å²) in [7, 11) is 0. The molecule has 0 spiro atoms. The van der Waals surface area contributed by atoms with Crippen LogP contribution in [0.15, 0.2) is 0 Å². The molecule has 3 atom stereocenters. The summed E-state index contributed by atoms with van der Waals surface area (Å²) >= 11 is 0. The molecule has 0 radical (unpaired) electrons. The molecule has 0 N–H and O–H groups in total. The maximum atomic E-state index is 12.8. The molecule has 1 fully saturated rings.